The number of nitrogens with zero attached hydrogens (tertiary/aromatic N) is 3. The summed E-state index contributed by atoms with van der Waals surface area (Å²) in [4.78, 5) is 9.77. The number of aromatic nitrogens is 4. The summed E-state index contributed by atoms with van der Waals surface area (Å²) in [6, 6.07) is 9.43. The first-order valence-corrected chi connectivity index (χ1v) is 9.39. The number of benzene rings is 1. The van der Waals surface area contributed by atoms with Crippen LogP contribution in [0.4, 0.5) is 0 Å². The topological polar surface area (TPSA) is 79.1 Å². The highest BCUT2D eigenvalue weighted by Crippen LogP contribution is 2.22. The number of ether oxygens (including phenoxy) is 2. The van der Waals surface area contributed by atoms with E-state index in [1.165, 1.54) is 0 Å². The summed E-state index contributed by atoms with van der Waals surface area (Å²) in [6.45, 7) is 3.74. The highest BCUT2D eigenvalue weighted by molar-refractivity contribution is 6.30. The van der Waals surface area contributed by atoms with Crippen LogP contribution in [-0.4, -0.2) is 51.4 Å². The molecule has 1 saturated heterocycles. The third-order valence-corrected chi connectivity index (χ3v) is 4.77. The van der Waals surface area contributed by atoms with Crippen LogP contribution in [0.25, 0.3) is 0 Å². The summed E-state index contributed by atoms with van der Waals surface area (Å²) < 4.78 is 11.7. The van der Waals surface area contributed by atoms with Gasteiger partial charge in [0, 0.05) is 42.6 Å². The molecule has 1 fully saturated rings. The first kappa shape index (κ1) is 18.0. The largest absolute Gasteiger partial charge is 0.493 e. The monoisotopic (exact) mass is 387 g/mol. The van der Waals surface area contributed by atoms with Gasteiger partial charge in [0.25, 0.3) is 0 Å². The molecule has 4 rings (SSSR count). The molecule has 1 aromatic carbocycles. The molecular formula is C19H22ClN5O2. The molecule has 1 aliphatic heterocycles. The highest BCUT2D eigenvalue weighted by atomic mass is 35.5. The number of hydrogen-bond donors (Lipinski definition) is 2. The minimum absolute atomic E-state index is 0.0316. The van der Waals surface area contributed by atoms with Gasteiger partial charge in [-0.1, -0.05) is 11.6 Å². The first-order chi connectivity index (χ1) is 13.3. The van der Waals surface area contributed by atoms with Crippen molar-refractivity contribution < 1.29 is 9.47 Å². The molecule has 8 heteroatoms. The van der Waals surface area contributed by atoms with Crippen molar-refractivity contribution in [3.63, 3.8) is 0 Å². The molecule has 27 heavy (non-hydrogen) atoms. The van der Waals surface area contributed by atoms with Crippen LogP contribution in [0.2, 0.25) is 5.02 Å². The Morgan fingerprint density at radius 2 is 2.19 bits per heavy atom. The van der Waals surface area contributed by atoms with Gasteiger partial charge >= 0.3 is 0 Å². The molecule has 0 amide bonds. The zero-order valence-corrected chi connectivity index (χ0v) is 15.7. The summed E-state index contributed by atoms with van der Waals surface area (Å²) >= 11 is 5.88. The van der Waals surface area contributed by atoms with Crippen LogP contribution in [0.1, 0.15) is 23.3 Å². The minimum Gasteiger partial charge on any atom is -0.493 e. The fraction of sp³-hybridized carbons (Fsp3) is 0.368. The van der Waals surface area contributed by atoms with Gasteiger partial charge in [0.15, 0.2) is 0 Å². The van der Waals surface area contributed by atoms with Crippen molar-refractivity contribution in [3.05, 3.63) is 65.0 Å². The van der Waals surface area contributed by atoms with E-state index in [1.54, 1.807) is 6.20 Å². The quantitative estimate of drug-likeness (QED) is 0.651. The van der Waals surface area contributed by atoms with Gasteiger partial charge in [-0.3, -0.25) is 10.00 Å². The van der Waals surface area contributed by atoms with Crippen LogP contribution >= 0.6 is 11.6 Å². The van der Waals surface area contributed by atoms with Gasteiger partial charge in [-0.05, 0) is 30.3 Å². The predicted molar refractivity (Wildman–Crippen MR) is 102 cm³/mol. The van der Waals surface area contributed by atoms with E-state index < -0.39 is 0 Å². The third kappa shape index (κ3) is 4.88. The SMILES string of the molecule is Clc1ccc(OCCc2cc([C@@H]3CN(Cc4ncc[nH]4)CCO3)n[nH]2)cc1. The molecule has 0 spiro atoms. The van der Waals surface area contributed by atoms with Gasteiger partial charge in [0.1, 0.15) is 17.7 Å². The lowest BCUT2D eigenvalue weighted by Crippen LogP contribution is -2.38. The maximum Gasteiger partial charge on any atom is 0.120 e. The lowest BCUT2D eigenvalue weighted by molar-refractivity contribution is -0.0356. The molecule has 142 valence electrons. The fourth-order valence-electron chi connectivity index (χ4n) is 3.10. The average Bonchev–Trinajstić information content (AvgIpc) is 3.36. The third-order valence-electron chi connectivity index (χ3n) is 4.51. The number of imidazole rings is 1. The molecule has 0 radical (unpaired) electrons. The molecule has 1 aliphatic rings. The standard InChI is InChI=1S/C19H22ClN5O2/c20-14-1-3-16(4-2-14)26-9-5-15-11-17(24-23-15)18-12-25(8-10-27-18)13-19-21-6-7-22-19/h1-4,6-7,11,18H,5,8-10,12-13H2,(H,21,22)(H,23,24)/t18-/m0/s1. The molecule has 2 N–H and O–H groups in total. The van der Waals surface area contributed by atoms with Gasteiger partial charge < -0.3 is 14.5 Å². The van der Waals surface area contributed by atoms with Crippen LogP contribution in [0.5, 0.6) is 5.75 Å². The van der Waals surface area contributed by atoms with E-state index in [4.69, 9.17) is 21.1 Å². The maximum absolute atomic E-state index is 5.91. The Balaban J connectivity index is 1.28. The van der Waals surface area contributed by atoms with Gasteiger partial charge in [0.05, 0.1) is 25.5 Å². The molecular weight excluding hydrogens is 366 g/mol. The zero-order valence-electron chi connectivity index (χ0n) is 14.9. The van der Waals surface area contributed by atoms with Gasteiger partial charge in [-0.15, -0.1) is 0 Å². The Bertz CT molecular complexity index is 834. The molecule has 2 aromatic heterocycles. The van der Waals surface area contributed by atoms with Crippen molar-refractivity contribution >= 4 is 11.6 Å². The lowest BCUT2D eigenvalue weighted by Gasteiger charge is -2.31. The van der Waals surface area contributed by atoms with Crippen molar-refractivity contribution in [2.75, 3.05) is 26.3 Å². The van der Waals surface area contributed by atoms with Crippen molar-refractivity contribution in [1.29, 1.82) is 0 Å². The second-order valence-corrected chi connectivity index (χ2v) is 6.94. The number of halogens is 1. The van der Waals surface area contributed by atoms with Crippen molar-refractivity contribution in [1.82, 2.24) is 25.1 Å². The van der Waals surface area contributed by atoms with Gasteiger partial charge in [-0.25, -0.2) is 4.98 Å². The molecule has 7 nitrogen and oxygen atoms in total. The van der Waals surface area contributed by atoms with E-state index in [2.05, 4.69) is 31.1 Å². The van der Waals surface area contributed by atoms with Crippen LogP contribution in [0.3, 0.4) is 0 Å². The Morgan fingerprint density at radius 3 is 3.00 bits per heavy atom. The number of hydrogen-bond acceptors (Lipinski definition) is 5. The number of nitrogens with one attached hydrogen (secondary N) is 2. The smallest absolute Gasteiger partial charge is 0.120 e. The molecule has 1 atom stereocenters. The van der Waals surface area contributed by atoms with E-state index >= 15 is 0 Å². The molecule has 0 saturated carbocycles. The van der Waals surface area contributed by atoms with Crippen molar-refractivity contribution in [2.24, 2.45) is 0 Å². The number of morpholine rings is 1. The Morgan fingerprint density at radius 1 is 1.30 bits per heavy atom. The molecule has 3 heterocycles. The Hall–Kier alpha value is -2.35. The normalized spacial score (nSPS) is 17.9. The zero-order chi connectivity index (χ0) is 18.5. The summed E-state index contributed by atoms with van der Waals surface area (Å²) in [5, 5.41) is 8.23. The van der Waals surface area contributed by atoms with E-state index in [9.17, 15) is 0 Å². The number of aromatic amines is 2. The second-order valence-electron chi connectivity index (χ2n) is 6.50. The van der Waals surface area contributed by atoms with Crippen LogP contribution in [0.15, 0.2) is 42.7 Å². The van der Waals surface area contributed by atoms with Crippen LogP contribution in [0, 0.1) is 0 Å². The number of H-pyrrole nitrogens is 2. The summed E-state index contributed by atoms with van der Waals surface area (Å²) in [5.41, 5.74) is 1.96. The molecule has 0 aliphatic carbocycles. The fourth-order valence-corrected chi connectivity index (χ4v) is 3.23. The van der Waals surface area contributed by atoms with Crippen molar-refractivity contribution in [2.45, 2.75) is 19.1 Å². The van der Waals surface area contributed by atoms with Gasteiger partial charge in [0.2, 0.25) is 0 Å². The van der Waals surface area contributed by atoms with Crippen molar-refractivity contribution in [3.8, 4) is 5.75 Å². The molecule has 0 unspecified atom stereocenters. The van der Waals surface area contributed by atoms with Crippen LogP contribution in [-0.2, 0) is 17.7 Å². The van der Waals surface area contributed by atoms with E-state index in [-0.39, 0.29) is 6.10 Å². The molecule has 3 aromatic rings. The number of rotatable bonds is 7. The maximum atomic E-state index is 5.91. The van der Waals surface area contributed by atoms with E-state index in [0.717, 1.165) is 49.0 Å². The summed E-state index contributed by atoms with van der Waals surface area (Å²) in [6.07, 6.45) is 4.34. The highest BCUT2D eigenvalue weighted by Gasteiger charge is 2.24. The molecule has 0 bridgehead atoms. The van der Waals surface area contributed by atoms with Crippen LogP contribution < -0.4 is 4.74 Å². The van der Waals surface area contributed by atoms with Gasteiger partial charge in [-0.2, -0.15) is 5.10 Å². The Labute approximate surface area is 162 Å². The predicted octanol–water partition coefficient (Wildman–Crippen LogP) is 2.98. The lowest BCUT2D eigenvalue weighted by atomic mass is 10.2. The van der Waals surface area contributed by atoms with E-state index in [0.29, 0.717) is 18.2 Å². The minimum atomic E-state index is -0.0316. The first-order valence-electron chi connectivity index (χ1n) is 9.01. The summed E-state index contributed by atoms with van der Waals surface area (Å²) in [7, 11) is 0. The summed E-state index contributed by atoms with van der Waals surface area (Å²) in [5.74, 6) is 1.78. The van der Waals surface area contributed by atoms with E-state index in [1.807, 2.05) is 30.5 Å². The average molecular weight is 388 g/mol. The second kappa shape index (κ2) is 8.56. The Kier molecular flexibility index (Phi) is 5.72.